The van der Waals surface area contributed by atoms with Gasteiger partial charge in [-0.2, -0.15) is 4.31 Å². The molecule has 0 bridgehead atoms. The zero-order valence-electron chi connectivity index (χ0n) is 17.4. The summed E-state index contributed by atoms with van der Waals surface area (Å²) in [7, 11) is -3.43. The highest BCUT2D eigenvalue weighted by Crippen LogP contribution is 2.30. The van der Waals surface area contributed by atoms with Crippen LogP contribution in [0.2, 0.25) is 0 Å². The molecule has 158 valence electrons. The molecular weight excluding hydrogens is 398 g/mol. The summed E-state index contributed by atoms with van der Waals surface area (Å²) in [5, 5.41) is 4.37. The molecule has 0 saturated carbocycles. The summed E-state index contributed by atoms with van der Waals surface area (Å²) in [6.07, 6.45) is 2.95. The third-order valence-electron chi connectivity index (χ3n) is 5.31. The number of hydrogen-bond donors (Lipinski definition) is 1. The van der Waals surface area contributed by atoms with Crippen LogP contribution >= 0.6 is 0 Å². The molecule has 1 aromatic heterocycles. The molecule has 0 spiro atoms. The Morgan fingerprint density at radius 3 is 2.47 bits per heavy atom. The van der Waals surface area contributed by atoms with Crippen LogP contribution in [0.1, 0.15) is 31.9 Å². The molecule has 2 heterocycles. The maximum atomic E-state index is 12.9. The number of aromatic nitrogens is 1. The first-order chi connectivity index (χ1) is 14.5. The van der Waals surface area contributed by atoms with Gasteiger partial charge in [-0.25, -0.2) is 8.42 Å². The van der Waals surface area contributed by atoms with Crippen molar-refractivity contribution in [2.75, 3.05) is 25.0 Å². The predicted octanol–water partition coefficient (Wildman–Crippen LogP) is 4.86. The molecule has 0 aliphatic carbocycles. The molecule has 0 atom stereocenters. The van der Waals surface area contributed by atoms with Gasteiger partial charge in [0, 0.05) is 35.5 Å². The Hall–Kier alpha value is -2.64. The number of aryl methyl sites for hydroxylation is 1. The fourth-order valence-corrected chi connectivity index (χ4v) is 5.33. The molecule has 1 aliphatic heterocycles. The Morgan fingerprint density at radius 1 is 1.03 bits per heavy atom. The number of benzene rings is 2. The lowest BCUT2D eigenvalue weighted by molar-refractivity contribution is 0.340. The predicted molar refractivity (Wildman–Crippen MR) is 120 cm³/mol. The van der Waals surface area contributed by atoms with E-state index in [2.05, 4.69) is 10.3 Å². The largest absolute Gasteiger partial charge is 0.494 e. The Bertz CT molecular complexity index is 1140. The van der Waals surface area contributed by atoms with Crippen molar-refractivity contribution in [1.82, 2.24) is 9.29 Å². The van der Waals surface area contributed by atoms with Gasteiger partial charge in [0.2, 0.25) is 10.0 Å². The Morgan fingerprint density at radius 2 is 1.77 bits per heavy atom. The van der Waals surface area contributed by atoms with Gasteiger partial charge in [-0.1, -0.05) is 6.42 Å². The molecular formula is C23H27N3O3S. The summed E-state index contributed by atoms with van der Waals surface area (Å²) in [5.74, 6) is 0.793. The normalized spacial score (nSPS) is 15.3. The molecule has 6 nitrogen and oxygen atoms in total. The minimum atomic E-state index is -3.43. The summed E-state index contributed by atoms with van der Waals surface area (Å²) < 4.78 is 32.9. The number of piperidine rings is 1. The summed E-state index contributed by atoms with van der Waals surface area (Å²) >= 11 is 0. The molecule has 1 aliphatic rings. The average molecular weight is 426 g/mol. The van der Waals surface area contributed by atoms with Gasteiger partial charge in [-0.3, -0.25) is 4.98 Å². The second-order valence-corrected chi connectivity index (χ2v) is 9.48. The van der Waals surface area contributed by atoms with Crippen molar-refractivity contribution in [3.63, 3.8) is 0 Å². The second-order valence-electron chi connectivity index (χ2n) is 7.54. The molecule has 1 saturated heterocycles. The Kier molecular flexibility index (Phi) is 5.92. The van der Waals surface area contributed by atoms with E-state index in [0.717, 1.165) is 53.0 Å². The van der Waals surface area contributed by atoms with Gasteiger partial charge in [-0.05, 0) is 75.2 Å². The topological polar surface area (TPSA) is 71.5 Å². The van der Waals surface area contributed by atoms with E-state index in [0.29, 0.717) is 24.6 Å². The number of anilines is 2. The first kappa shape index (κ1) is 20.6. The standard InChI is InChI=1S/C23H27N3O3S/c1-3-29-19-9-12-22-21(16-19)23(15-17(2)24-22)25-18-7-10-20(11-8-18)30(27,28)26-13-5-4-6-14-26/h7-12,15-16H,3-6,13-14H2,1-2H3,(H,24,25). The number of rotatable bonds is 6. The maximum Gasteiger partial charge on any atom is 0.243 e. The maximum absolute atomic E-state index is 12.9. The first-order valence-electron chi connectivity index (χ1n) is 10.4. The van der Waals surface area contributed by atoms with Gasteiger partial charge in [0.1, 0.15) is 5.75 Å². The smallest absolute Gasteiger partial charge is 0.243 e. The van der Waals surface area contributed by atoms with Gasteiger partial charge < -0.3 is 10.1 Å². The summed E-state index contributed by atoms with van der Waals surface area (Å²) in [6.45, 7) is 5.71. The summed E-state index contributed by atoms with van der Waals surface area (Å²) in [6, 6.07) is 14.8. The van der Waals surface area contributed by atoms with Crippen LogP contribution in [0.25, 0.3) is 10.9 Å². The zero-order valence-corrected chi connectivity index (χ0v) is 18.2. The van der Waals surface area contributed by atoms with Crippen LogP contribution < -0.4 is 10.1 Å². The summed E-state index contributed by atoms with van der Waals surface area (Å²) in [5.41, 5.74) is 3.51. The Balaban J connectivity index is 1.61. The number of nitrogens with one attached hydrogen (secondary N) is 1. The minimum Gasteiger partial charge on any atom is -0.494 e. The third-order valence-corrected chi connectivity index (χ3v) is 7.22. The fraction of sp³-hybridized carbons (Fsp3) is 0.348. The summed E-state index contributed by atoms with van der Waals surface area (Å²) in [4.78, 5) is 4.93. The van der Waals surface area contributed by atoms with Crippen LogP contribution in [-0.4, -0.2) is 37.4 Å². The van der Waals surface area contributed by atoms with Crippen LogP contribution in [0, 0.1) is 6.92 Å². The van der Waals surface area contributed by atoms with Crippen LogP contribution in [0.5, 0.6) is 5.75 Å². The van der Waals surface area contributed by atoms with E-state index in [9.17, 15) is 8.42 Å². The van der Waals surface area contributed by atoms with Gasteiger partial charge in [-0.15, -0.1) is 0 Å². The molecule has 2 aromatic carbocycles. The van der Waals surface area contributed by atoms with Crippen LogP contribution in [0.15, 0.2) is 53.4 Å². The van der Waals surface area contributed by atoms with E-state index >= 15 is 0 Å². The van der Waals surface area contributed by atoms with Crippen molar-refractivity contribution in [2.24, 2.45) is 0 Å². The molecule has 0 amide bonds. The minimum absolute atomic E-state index is 0.337. The van der Waals surface area contributed by atoms with E-state index in [-0.39, 0.29) is 0 Å². The average Bonchev–Trinajstić information content (AvgIpc) is 2.75. The van der Waals surface area contributed by atoms with E-state index in [1.165, 1.54) is 0 Å². The lowest BCUT2D eigenvalue weighted by atomic mass is 10.1. The van der Waals surface area contributed by atoms with Gasteiger partial charge in [0.15, 0.2) is 0 Å². The lowest BCUT2D eigenvalue weighted by Crippen LogP contribution is -2.35. The third kappa shape index (κ3) is 4.27. The molecule has 0 unspecified atom stereocenters. The molecule has 4 rings (SSSR count). The number of fused-ring (bicyclic) bond motifs is 1. The zero-order chi connectivity index (χ0) is 21.1. The highest BCUT2D eigenvalue weighted by atomic mass is 32.2. The van der Waals surface area contributed by atoms with Crippen molar-refractivity contribution in [3.8, 4) is 5.75 Å². The van der Waals surface area contributed by atoms with E-state index < -0.39 is 10.0 Å². The van der Waals surface area contributed by atoms with Crippen LogP contribution in [0.4, 0.5) is 11.4 Å². The van der Waals surface area contributed by atoms with Gasteiger partial charge in [0.25, 0.3) is 0 Å². The molecule has 7 heteroatoms. The van der Waals surface area contributed by atoms with Crippen LogP contribution in [-0.2, 0) is 10.0 Å². The highest BCUT2D eigenvalue weighted by Gasteiger charge is 2.25. The molecule has 30 heavy (non-hydrogen) atoms. The highest BCUT2D eigenvalue weighted by molar-refractivity contribution is 7.89. The first-order valence-corrected chi connectivity index (χ1v) is 11.8. The van der Waals surface area contributed by atoms with Gasteiger partial charge >= 0.3 is 0 Å². The molecule has 3 aromatic rings. The van der Waals surface area contributed by atoms with E-state index in [1.807, 2.05) is 50.2 Å². The van der Waals surface area contributed by atoms with Gasteiger partial charge in [0.05, 0.1) is 17.0 Å². The fourth-order valence-electron chi connectivity index (χ4n) is 3.82. The number of sulfonamides is 1. The van der Waals surface area contributed by atoms with Crippen LogP contribution in [0.3, 0.4) is 0 Å². The van der Waals surface area contributed by atoms with Crippen molar-refractivity contribution >= 4 is 32.3 Å². The van der Waals surface area contributed by atoms with Crippen molar-refractivity contribution in [1.29, 1.82) is 0 Å². The molecule has 0 radical (unpaired) electrons. The molecule has 1 fully saturated rings. The quantitative estimate of drug-likeness (QED) is 0.611. The van der Waals surface area contributed by atoms with Crippen molar-refractivity contribution in [2.45, 2.75) is 38.0 Å². The lowest BCUT2D eigenvalue weighted by Gasteiger charge is -2.25. The van der Waals surface area contributed by atoms with Crippen molar-refractivity contribution < 1.29 is 13.2 Å². The number of pyridine rings is 1. The second kappa shape index (κ2) is 8.62. The van der Waals surface area contributed by atoms with Crippen molar-refractivity contribution in [3.05, 3.63) is 54.2 Å². The SMILES string of the molecule is CCOc1ccc2nc(C)cc(Nc3ccc(S(=O)(=O)N4CCCCC4)cc3)c2c1. The molecule has 1 N–H and O–H groups in total. The number of ether oxygens (including phenoxy) is 1. The number of hydrogen-bond acceptors (Lipinski definition) is 5. The Labute approximate surface area is 177 Å². The van der Waals surface area contributed by atoms with E-state index in [1.54, 1.807) is 16.4 Å². The van der Waals surface area contributed by atoms with E-state index in [4.69, 9.17) is 4.74 Å². The number of nitrogens with zero attached hydrogens (tertiary/aromatic N) is 2. The monoisotopic (exact) mass is 425 g/mol.